The van der Waals surface area contributed by atoms with Crippen LogP contribution in [0.5, 0.6) is 0 Å². The molecule has 2 heterocycles. The first kappa shape index (κ1) is 18.5. The topological polar surface area (TPSA) is 66.1 Å². The van der Waals surface area contributed by atoms with Gasteiger partial charge in [-0.1, -0.05) is 30.3 Å². The van der Waals surface area contributed by atoms with Crippen molar-refractivity contribution in [3.63, 3.8) is 0 Å². The summed E-state index contributed by atoms with van der Waals surface area (Å²) in [6, 6.07) is 13.9. The number of carbonyl (C=O) groups excluding carboxylic acids is 1. The largest absolute Gasteiger partial charge is 0.319 e. The summed E-state index contributed by atoms with van der Waals surface area (Å²) in [5.74, 6) is -0.292. The highest BCUT2D eigenvalue weighted by molar-refractivity contribution is 5.83. The Morgan fingerprint density at radius 2 is 1.82 bits per heavy atom. The molecule has 0 amide bonds. The predicted octanol–water partition coefficient (Wildman–Crippen LogP) is 3.09. The number of para-hydroxylation sites is 2. The molecule has 1 N–H and O–H groups in total. The number of ketones is 1. The summed E-state index contributed by atoms with van der Waals surface area (Å²) in [4.78, 5) is 34.3. The van der Waals surface area contributed by atoms with Gasteiger partial charge in [-0.2, -0.15) is 0 Å². The Balaban J connectivity index is 1.37. The summed E-state index contributed by atoms with van der Waals surface area (Å²) in [6.45, 7) is 1.91. The van der Waals surface area contributed by atoms with Crippen LogP contribution < -0.4 is 5.56 Å². The summed E-state index contributed by atoms with van der Waals surface area (Å²) in [5.41, 5.74) is 2.29. The van der Waals surface area contributed by atoms with Gasteiger partial charge in [0.25, 0.3) is 5.56 Å². The number of H-pyrrole nitrogens is 1. The van der Waals surface area contributed by atoms with Crippen LogP contribution in [0.15, 0.2) is 53.3 Å². The van der Waals surface area contributed by atoms with Crippen LogP contribution in [0.2, 0.25) is 0 Å². The van der Waals surface area contributed by atoms with Gasteiger partial charge in [-0.3, -0.25) is 14.5 Å². The van der Waals surface area contributed by atoms with Gasteiger partial charge in [0.2, 0.25) is 0 Å². The van der Waals surface area contributed by atoms with E-state index in [1.807, 2.05) is 24.3 Å². The zero-order valence-electron chi connectivity index (χ0n) is 15.5. The monoisotopic (exact) mass is 379 g/mol. The summed E-state index contributed by atoms with van der Waals surface area (Å²) >= 11 is 0. The molecule has 5 nitrogen and oxygen atoms in total. The third-order valence-corrected chi connectivity index (χ3v) is 5.41. The molecule has 28 heavy (non-hydrogen) atoms. The highest BCUT2D eigenvalue weighted by Crippen LogP contribution is 2.21. The molecule has 3 aromatic rings. The highest BCUT2D eigenvalue weighted by atomic mass is 19.1. The molecule has 0 bridgehead atoms. The molecule has 1 aliphatic heterocycles. The lowest BCUT2D eigenvalue weighted by Gasteiger charge is -2.30. The Morgan fingerprint density at radius 3 is 2.61 bits per heavy atom. The second kappa shape index (κ2) is 8.02. The number of benzene rings is 2. The molecule has 0 radical (unpaired) electrons. The zero-order valence-corrected chi connectivity index (χ0v) is 15.5. The Kier molecular flexibility index (Phi) is 5.30. The molecule has 1 saturated heterocycles. The van der Waals surface area contributed by atoms with Crippen LogP contribution >= 0.6 is 0 Å². The SMILES string of the molecule is O=C(Cc1ccccc1F)C1CCN(Cc2nc3ccccc3[nH]c2=O)CC1. The molecular formula is C22H22FN3O2. The van der Waals surface area contributed by atoms with Gasteiger partial charge < -0.3 is 4.98 Å². The van der Waals surface area contributed by atoms with Gasteiger partial charge in [0.05, 0.1) is 11.0 Å². The molecule has 1 aliphatic rings. The van der Waals surface area contributed by atoms with E-state index < -0.39 is 0 Å². The van der Waals surface area contributed by atoms with Crippen molar-refractivity contribution in [2.75, 3.05) is 13.1 Å². The molecule has 1 aromatic heterocycles. The van der Waals surface area contributed by atoms with Crippen molar-refractivity contribution in [1.29, 1.82) is 0 Å². The van der Waals surface area contributed by atoms with Crippen molar-refractivity contribution in [2.45, 2.75) is 25.8 Å². The van der Waals surface area contributed by atoms with E-state index in [1.54, 1.807) is 18.2 Å². The maximum atomic E-state index is 13.8. The van der Waals surface area contributed by atoms with Gasteiger partial charge in [0.15, 0.2) is 0 Å². The molecular weight excluding hydrogens is 357 g/mol. The van der Waals surface area contributed by atoms with Crippen LogP contribution in [0.25, 0.3) is 11.0 Å². The highest BCUT2D eigenvalue weighted by Gasteiger charge is 2.26. The molecule has 0 saturated carbocycles. The average molecular weight is 379 g/mol. The Morgan fingerprint density at radius 1 is 1.11 bits per heavy atom. The van der Waals surface area contributed by atoms with Crippen molar-refractivity contribution < 1.29 is 9.18 Å². The van der Waals surface area contributed by atoms with Crippen molar-refractivity contribution >= 4 is 16.8 Å². The number of nitrogens with zero attached hydrogens (tertiary/aromatic N) is 2. The summed E-state index contributed by atoms with van der Waals surface area (Å²) in [5, 5.41) is 0. The minimum atomic E-state index is -0.324. The Hall–Kier alpha value is -2.86. The maximum absolute atomic E-state index is 13.8. The van der Waals surface area contributed by atoms with Crippen LogP contribution in [-0.2, 0) is 17.8 Å². The van der Waals surface area contributed by atoms with E-state index in [0.717, 1.165) is 37.0 Å². The summed E-state index contributed by atoms with van der Waals surface area (Å²) in [7, 11) is 0. The normalized spacial score (nSPS) is 15.8. The van der Waals surface area contributed by atoms with Crippen molar-refractivity contribution in [3.05, 3.63) is 76.0 Å². The fourth-order valence-corrected chi connectivity index (χ4v) is 3.77. The fraction of sp³-hybridized carbons (Fsp3) is 0.318. The van der Waals surface area contributed by atoms with E-state index >= 15 is 0 Å². The Bertz CT molecular complexity index is 1050. The van der Waals surface area contributed by atoms with Crippen LogP contribution in [0, 0.1) is 11.7 Å². The smallest absolute Gasteiger partial charge is 0.271 e. The molecule has 0 unspecified atom stereocenters. The number of piperidine rings is 1. The number of rotatable bonds is 5. The third kappa shape index (κ3) is 4.02. The summed E-state index contributed by atoms with van der Waals surface area (Å²) in [6.07, 6.45) is 1.58. The minimum Gasteiger partial charge on any atom is -0.319 e. The first-order valence-corrected chi connectivity index (χ1v) is 9.56. The van der Waals surface area contributed by atoms with E-state index in [-0.39, 0.29) is 29.5 Å². The first-order valence-electron chi connectivity index (χ1n) is 9.56. The van der Waals surface area contributed by atoms with E-state index in [2.05, 4.69) is 14.9 Å². The van der Waals surface area contributed by atoms with Crippen molar-refractivity contribution in [1.82, 2.24) is 14.9 Å². The van der Waals surface area contributed by atoms with Gasteiger partial charge in [-0.25, -0.2) is 9.37 Å². The van der Waals surface area contributed by atoms with Gasteiger partial charge in [0.1, 0.15) is 17.3 Å². The lowest BCUT2D eigenvalue weighted by Crippen LogP contribution is -2.38. The van der Waals surface area contributed by atoms with Gasteiger partial charge in [0, 0.05) is 18.9 Å². The molecule has 0 aliphatic carbocycles. The molecule has 144 valence electrons. The van der Waals surface area contributed by atoms with Crippen LogP contribution in [0.3, 0.4) is 0 Å². The Labute approximate surface area is 162 Å². The predicted molar refractivity (Wildman–Crippen MR) is 105 cm³/mol. The number of carbonyl (C=O) groups is 1. The third-order valence-electron chi connectivity index (χ3n) is 5.41. The lowest BCUT2D eigenvalue weighted by atomic mass is 9.89. The number of nitrogens with one attached hydrogen (secondary N) is 1. The van der Waals surface area contributed by atoms with Gasteiger partial charge >= 0.3 is 0 Å². The molecule has 4 rings (SSSR count). The number of hydrogen-bond donors (Lipinski definition) is 1. The van der Waals surface area contributed by atoms with E-state index in [4.69, 9.17) is 0 Å². The van der Waals surface area contributed by atoms with Crippen LogP contribution in [0.4, 0.5) is 4.39 Å². The van der Waals surface area contributed by atoms with E-state index in [0.29, 0.717) is 17.8 Å². The van der Waals surface area contributed by atoms with Crippen LogP contribution in [-0.4, -0.2) is 33.7 Å². The number of hydrogen-bond acceptors (Lipinski definition) is 4. The van der Waals surface area contributed by atoms with Gasteiger partial charge in [-0.15, -0.1) is 0 Å². The number of likely N-dealkylation sites (tertiary alicyclic amines) is 1. The molecule has 6 heteroatoms. The minimum absolute atomic E-state index is 0.0568. The van der Waals surface area contributed by atoms with E-state index in [1.165, 1.54) is 6.07 Å². The number of aromatic nitrogens is 2. The second-order valence-corrected chi connectivity index (χ2v) is 7.31. The second-order valence-electron chi connectivity index (χ2n) is 7.31. The quantitative estimate of drug-likeness (QED) is 0.740. The number of fused-ring (bicyclic) bond motifs is 1. The number of halogens is 1. The molecule has 1 fully saturated rings. The van der Waals surface area contributed by atoms with E-state index in [9.17, 15) is 14.0 Å². The average Bonchev–Trinajstić information content (AvgIpc) is 2.71. The summed E-state index contributed by atoms with van der Waals surface area (Å²) < 4.78 is 13.8. The first-order chi connectivity index (χ1) is 13.6. The number of Topliss-reactive ketones (excluding diaryl/α,β-unsaturated/α-hetero) is 1. The molecule has 2 aromatic carbocycles. The zero-order chi connectivity index (χ0) is 19.5. The standard InChI is InChI=1S/C22H22FN3O2/c23-17-6-2-1-5-16(17)13-21(27)15-9-11-26(12-10-15)14-20-22(28)25-19-8-4-3-7-18(19)24-20/h1-8,15H,9-14H2,(H,25,28). The van der Waals surface area contributed by atoms with Crippen molar-refractivity contribution in [2.24, 2.45) is 5.92 Å². The molecule has 0 atom stereocenters. The van der Waals surface area contributed by atoms with Crippen LogP contribution in [0.1, 0.15) is 24.1 Å². The maximum Gasteiger partial charge on any atom is 0.271 e. The fourth-order valence-electron chi connectivity index (χ4n) is 3.77. The van der Waals surface area contributed by atoms with Gasteiger partial charge in [-0.05, 0) is 49.7 Å². The molecule has 0 spiro atoms. The lowest BCUT2D eigenvalue weighted by molar-refractivity contribution is -0.123. The number of aromatic amines is 1. The van der Waals surface area contributed by atoms with Crippen molar-refractivity contribution in [3.8, 4) is 0 Å².